The molecule has 1 N–H and O–H groups in total. The number of para-hydroxylation sites is 1. The van der Waals surface area contributed by atoms with Gasteiger partial charge in [-0.15, -0.1) is 0 Å². The molecule has 25 heavy (non-hydrogen) atoms. The van der Waals surface area contributed by atoms with Gasteiger partial charge < -0.3 is 14.8 Å². The molecule has 1 atom stereocenters. The second kappa shape index (κ2) is 9.47. The monoisotopic (exact) mass is 341 g/mol. The molecule has 0 bridgehead atoms. The lowest BCUT2D eigenvalue weighted by Gasteiger charge is -2.18. The first-order valence-electron chi connectivity index (χ1n) is 8.17. The van der Waals surface area contributed by atoms with Gasteiger partial charge in [-0.1, -0.05) is 48.5 Å². The zero-order valence-corrected chi connectivity index (χ0v) is 14.5. The first kappa shape index (κ1) is 18.5. The number of nitrogens with one attached hydrogen (secondary N) is 1. The van der Waals surface area contributed by atoms with E-state index in [1.165, 1.54) is 7.11 Å². The van der Waals surface area contributed by atoms with Crippen molar-refractivity contribution in [2.24, 2.45) is 0 Å². The molecule has 5 nitrogen and oxygen atoms in total. The molecule has 0 aromatic heterocycles. The number of carbonyl (C=O) groups excluding carboxylic acids is 2. The van der Waals surface area contributed by atoms with Crippen LogP contribution in [-0.4, -0.2) is 32.1 Å². The van der Waals surface area contributed by atoms with Gasteiger partial charge in [-0.3, -0.25) is 4.79 Å². The summed E-state index contributed by atoms with van der Waals surface area (Å²) >= 11 is 0. The van der Waals surface area contributed by atoms with Gasteiger partial charge in [-0.05, 0) is 23.6 Å². The summed E-state index contributed by atoms with van der Waals surface area (Å²) in [4.78, 5) is 24.3. The van der Waals surface area contributed by atoms with E-state index >= 15 is 0 Å². The largest absolute Gasteiger partial charge is 0.496 e. The van der Waals surface area contributed by atoms with Crippen molar-refractivity contribution >= 4 is 11.9 Å². The second-order valence-electron chi connectivity index (χ2n) is 5.64. The molecule has 0 unspecified atom stereocenters. The molecule has 0 spiro atoms. The quantitative estimate of drug-likeness (QED) is 0.750. The van der Waals surface area contributed by atoms with Crippen molar-refractivity contribution in [3.8, 4) is 5.75 Å². The van der Waals surface area contributed by atoms with Gasteiger partial charge in [0.15, 0.2) is 0 Å². The summed E-state index contributed by atoms with van der Waals surface area (Å²) in [5.41, 5.74) is 1.92. The number of hydrogen-bond donors (Lipinski definition) is 1. The third-order valence-electron chi connectivity index (χ3n) is 3.92. The van der Waals surface area contributed by atoms with Crippen LogP contribution in [0.3, 0.4) is 0 Å². The molecule has 0 aliphatic rings. The number of amides is 1. The highest BCUT2D eigenvalue weighted by Gasteiger charge is 2.23. The lowest BCUT2D eigenvalue weighted by Crippen LogP contribution is -2.43. The van der Waals surface area contributed by atoms with Crippen molar-refractivity contribution in [3.63, 3.8) is 0 Å². The molecule has 132 valence electrons. The summed E-state index contributed by atoms with van der Waals surface area (Å²) in [6, 6.07) is 16.4. The zero-order chi connectivity index (χ0) is 18.1. The Morgan fingerprint density at radius 1 is 1.00 bits per heavy atom. The summed E-state index contributed by atoms with van der Waals surface area (Å²) < 4.78 is 10.1. The van der Waals surface area contributed by atoms with Crippen LogP contribution >= 0.6 is 0 Å². The Bertz CT molecular complexity index is 700. The van der Waals surface area contributed by atoms with Gasteiger partial charge in [0.1, 0.15) is 11.8 Å². The first-order valence-corrected chi connectivity index (χ1v) is 8.17. The van der Waals surface area contributed by atoms with E-state index in [4.69, 9.17) is 9.47 Å². The third-order valence-corrected chi connectivity index (χ3v) is 3.92. The normalized spacial score (nSPS) is 11.4. The van der Waals surface area contributed by atoms with Gasteiger partial charge in [-0.25, -0.2) is 4.79 Å². The van der Waals surface area contributed by atoms with Crippen molar-refractivity contribution in [3.05, 3.63) is 65.7 Å². The highest BCUT2D eigenvalue weighted by atomic mass is 16.5. The summed E-state index contributed by atoms with van der Waals surface area (Å²) in [7, 11) is 2.89. The van der Waals surface area contributed by atoms with Crippen LogP contribution in [0, 0.1) is 0 Å². The lowest BCUT2D eigenvalue weighted by atomic mass is 10.0. The zero-order valence-electron chi connectivity index (χ0n) is 14.5. The minimum atomic E-state index is -0.746. The average molecular weight is 341 g/mol. The Balaban J connectivity index is 1.99. The molecular weight excluding hydrogens is 318 g/mol. The first-order chi connectivity index (χ1) is 12.1. The maximum Gasteiger partial charge on any atom is 0.328 e. The van der Waals surface area contributed by atoms with E-state index < -0.39 is 12.0 Å². The van der Waals surface area contributed by atoms with Crippen molar-refractivity contribution in [2.45, 2.75) is 25.3 Å². The summed E-state index contributed by atoms with van der Waals surface area (Å²) in [6.45, 7) is 0. The molecule has 0 aliphatic carbocycles. The number of ether oxygens (including phenoxy) is 2. The Kier molecular flexibility index (Phi) is 7.01. The van der Waals surface area contributed by atoms with Crippen LogP contribution in [0.15, 0.2) is 54.6 Å². The highest BCUT2D eigenvalue weighted by molar-refractivity contribution is 5.84. The molecule has 0 saturated carbocycles. The Morgan fingerprint density at radius 2 is 1.68 bits per heavy atom. The topological polar surface area (TPSA) is 64.6 Å². The number of esters is 1. The second-order valence-corrected chi connectivity index (χ2v) is 5.64. The Morgan fingerprint density at radius 3 is 2.36 bits per heavy atom. The smallest absolute Gasteiger partial charge is 0.328 e. The van der Waals surface area contributed by atoms with Crippen LogP contribution in [0.1, 0.15) is 17.5 Å². The van der Waals surface area contributed by atoms with Crippen molar-refractivity contribution in [2.75, 3.05) is 14.2 Å². The number of benzene rings is 2. The highest BCUT2D eigenvalue weighted by Crippen LogP contribution is 2.19. The summed E-state index contributed by atoms with van der Waals surface area (Å²) in [5.74, 6) is 0.0167. The molecule has 0 fully saturated rings. The van der Waals surface area contributed by atoms with Crippen LogP contribution in [0.25, 0.3) is 0 Å². The average Bonchev–Trinajstić information content (AvgIpc) is 2.66. The third kappa shape index (κ3) is 5.64. The molecule has 0 aliphatic heterocycles. The fourth-order valence-corrected chi connectivity index (χ4v) is 2.60. The van der Waals surface area contributed by atoms with Gasteiger partial charge in [0, 0.05) is 12.8 Å². The van der Waals surface area contributed by atoms with Crippen molar-refractivity contribution in [1.29, 1.82) is 0 Å². The standard InChI is InChI=1S/C20H23NO4/c1-24-18-11-7-6-10-16(18)14-17(20(23)25-2)21-19(22)13-12-15-8-4-3-5-9-15/h3-11,17H,12-14H2,1-2H3,(H,21,22)/t17-/m1/s1. The number of aryl methyl sites for hydroxylation is 1. The SMILES string of the molecule is COC(=O)[C@@H](Cc1ccccc1OC)NC(=O)CCc1ccccc1. The molecule has 5 heteroatoms. The van der Waals surface area contributed by atoms with Crippen LogP contribution in [0.5, 0.6) is 5.75 Å². The van der Waals surface area contributed by atoms with Gasteiger partial charge in [0.2, 0.25) is 5.91 Å². The van der Waals surface area contributed by atoms with Crippen LogP contribution in [-0.2, 0) is 27.2 Å². The molecule has 2 aromatic rings. The summed E-state index contributed by atoms with van der Waals surface area (Å²) in [5, 5.41) is 2.77. The van der Waals surface area contributed by atoms with Crippen LogP contribution in [0.4, 0.5) is 0 Å². The van der Waals surface area contributed by atoms with E-state index in [1.807, 2.05) is 54.6 Å². The maximum absolute atomic E-state index is 12.2. The van der Waals surface area contributed by atoms with Crippen molar-refractivity contribution < 1.29 is 19.1 Å². The molecule has 2 aromatic carbocycles. The van der Waals surface area contributed by atoms with Gasteiger partial charge in [-0.2, -0.15) is 0 Å². The molecular formula is C20H23NO4. The predicted octanol–water partition coefficient (Wildman–Crippen LogP) is 2.53. The van der Waals surface area contributed by atoms with Crippen LogP contribution < -0.4 is 10.1 Å². The van der Waals surface area contributed by atoms with E-state index in [2.05, 4.69) is 5.32 Å². The van der Waals surface area contributed by atoms with E-state index in [0.717, 1.165) is 11.1 Å². The van der Waals surface area contributed by atoms with Crippen LogP contribution in [0.2, 0.25) is 0 Å². The molecule has 2 rings (SSSR count). The van der Waals surface area contributed by atoms with E-state index in [-0.39, 0.29) is 5.91 Å². The van der Waals surface area contributed by atoms with Gasteiger partial charge in [0.25, 0.3) is 0 Å². The fraction of sp³-hybridized carbons (Fsp3) is 0.300. The molecule has 1 amide bonds. The van der Waals surface area contributed by atoms with Gasteiger partial charge >= 0.3 is 5.97 Å². The lowest BCUT2D eigenvalue weighted by molar-refractivity contribution is -0.145. The fourth-order valence-electron chi connectivity index (χ4n) is 2.60. The number of methoxy groups -OCH3 is 2. The minimum absolute atomic E-state index is 0.186. The van der Waals surface area contributed by atoms with E-state index in [9.17, 15) is 9.59 Å². The Labute approximate surface area is 148 Å². The molecule has 0 saturated heterocycles. The summed E-state index contributed by atoms with van der Waals surface area (Å²) in [6.07, 6.45) is 1.24. The van der Waals surface area contributed by atoms with E-state index in [1.54, 1.807) is 7.11 Å². The van der Waals surface area contributed by atoms with Gasteiger partial charge in [0.05, 0.1) is 14.2 Å². The molecule has 0 radical (unpaired) electrons. The molecule has 0 heterocycles. The number of rotatable bonds is 8. The number of hydrogen-bond acceptors (Lipinski definition) is 4. The van der Waals surface area contributed by atoms with Crippen molar-refractivity contribution in [1.82, 2.24) is 5.32 Å². The predicted molar refractivity (Wildman–Crippen MR) is 95.4 cm³/mol. The maximum atomic E-state index is 12.2. The minimum Gasteiger partial charge on any atom is -0.496 e. The van der Waals surface area contributed by atoms with E-state index in [0.29, 0.717) is 25.0 Å². The number of carbonyl (C=O) groups is 2. The Hall–Kier alpha value is -2.82.